The van der Waals surface area contributed by atoms with E-state index in [1.165, 1.54) is 11.3 Å². The molecule has 1 aromatic carbocycles. The number of Topliss-reactive ketones (excluding diaryl/α,β-unsaturated/α-hetero) is 1. The van der Waals surface area contributed by atoms with E-state index < -0.39 is 17.7 Å². The van der Waals surface area contributed by atoms with Crippen molar-refractivity contribution in [2.24, 2.45) is 5.92 Å². The number of benzene rings is 1. The minimum absolute atomic E-state index is 0.140. The van der Waals surface area contributed by atoms with Crippen LogP contribution in [0.5, 0.6) is 5.75 Å². The van der Waals surface area contributed by atoms with E-state index in [0.29, 0.717) is 29.7 Å². The Hall–Kier alpha value is -2.64. The highest BCUT2D eigenvalue weighted by Gasteiger charge is 2.43. The lowest BCUT2D eigenvalue weighted by molar-refractivity contribution is -0.129. The monoisotopic (exact) mass is 456 g/mol. The van der Waals surface area contributed by atoms with Crippen molar-refractivity contribution in [1.82, 2.24) is 9.80 Å². The fraction of sp³-hybridized carbons (Fsp3) is 0.440. The van der Waals surface area contributed by atoms with Gasteiger partial charge < -0.3 is 19.6 Å². The SMILES string of the molecule is CC(C)CCOc1cccc([C@H]2C(C(=O)c3cccs3)=C(O)C(=O)N2CCCN(C)C)c1. The van der Waals surface area contributed by atoms with Crippen LogP contribution in [0.2, 0.25) is 0 Å². The fourth-order valence-corrected chi connectivity index (χ4v) is 4.43. The van der Waals surface area contributed by atoms with E-state index in [1.54, 1.807) is 17.0 Å². The first-order valence-electron chi connectivity index (χ1n) is 11.0. The minimum Gasteiger partial charge on any atom is -0.503 e. The maximum absolute atomic E-state index is 13.3. The maximum Gasteiger partial charge on any atom is 0.290 e. The van der Waals surface area contributed by atoms with Gasteiger partial charge in [-0.2, -0.15) is 0 Å². The molecule has 0 radical (unpaired) electrons. The van der Waals surface area contributed by atoms with E-state index in [4.69, 9.17) is 4.74 Å². The summed E-state index contributed by atoms with van der Waals surface area (Å²) in [5.74, 6) is -0.0351. The van der Waals surface area contributed by atoms with Crippen LogP contribution < -0.4 is 4.74 Å². The molecule has 172 valence electrons. The third-order valence-corrected chi connectivity index (χ3v) is 6.30. The van der Waals surface area contributed by atoms with Gasteiger partial charge in [-0.15, -0.1) is 11.3 Å². The number of ether oxygens (including phenoxy) is 1. The summed E-state index contributed by atoms with van der Waals surface area (Å²) in [6.45, 7) is 6.12. The number of thiophene rings is 1. The Morgan fingerprint density at radius 1 is 1.25 bits per heavy atom. The summed E-state index contributed by atoms with van der Waals surface area (Å²) in [4.78, 5) is 30.4. The van der Waals surface area contributed by atoms with Gasteiger partial charge in [0.2, 0.25) is 5.78 Å². The van der Waals surface area contributed by atoms with E-state index >= 15 is 0 Å². The Bertz CT molecular complexity index is 966. The number of carbonyl (C=O) groups is 2. The molecule has 3 rings (SSSR count). The molecule has 0 unspecified atom stereocenters. The van der Waals surface area contributed by atoms with E-state index in [0.717, 1.165) is 24.9 Å². The predicted octanol–water partition coefficient (Wildman–Crippen LogP) is 4.70. The summed E-state index contributed by atoms with van der Waals surface area (Å²) in [6.07, 6.45) is 1.67. The van der Waals surface area contributed by atoms with Crippen LogP contribution in [0.25, 0.3) is 0 Å². The normalized spacial score (nSPS) is 16.5. The van der Waals surface area contributed by atoms with E-state index in [9.17, 15) is 14.7 Å². The molecule has 6 nitrogen and oxygen atoms in total. The molecule has 0 spiro atoms. The molecule has 7 heteroatoms. The molecule has 0 saturated heterocycles. The van der Waals surface area contributed by atoms with Crippen molar-refractivity contribution in [1.29, 1.82) is 0 Å². The van der Waals surface area contributed by atoms with Gasteiger partial charge in [0.15, 0.2) is 5.76 Å². The van der Waals surface area contributed by atoms with Crippen LogP contribution in [-0.4, -0.2) is 60.4 Å². The van der Waals surface area contributed by atoms with Crippen LogP contribution in [0, 0.1) is 5.92 Å². The standard InChI is InChI=1S/C25H32N2O4S/c1-17(2)11-14-31-19-9-5-8-18(16-19)22-21(23(28)20-10-6-15-32-20)24(29)25(30)27(22)13-7-12-26(3)4/h5-6,8-10,15-17,22,29H,7,11-14H2,1-4H3/t22-/m0/s1. The third-order valence-electron chi connectivity index (χ3n) is 5.44. The summed E-state index contributed by atoms with van der Waals surface area (Å²) in [7, 11) is 3.95. The predicted molar refractivity (Wildman–Crippen MR) is 127 cm³/mol. The second-order valence-electron chi connectivity index (χ2n) is 8.73. The van der Waals surface area contributed by atoms with Gasteiger partial charge in [-0.05, 0) is 68.5 Å². The quantitative estimate of drug-likeness (QED) is 0.496. The van der Waals surface area contributed by atoms with E-state index in [2.05, 4.69) is 13.8 Å². The molecule has 1 aliphatic rings. The molecule has 2 aromatic rings. The molecule has 1 atom stereocenters. The maximum atomic E-state index is 13.3. The van der Waals surface area contributed by atoms with Crippen molar-refractivity contribution in [3.8, 4) is 5.75 Å². The van der Waals surface area contributed by atoms with Crippen molar-refractivity contribution in [2.45, 2.75) is 32.7 Å². The lowest BCUT2D eigenvalue weighted by Crippen LogP contribution is -2.33. The van der Waals surface area contributed by atoms with Crippen LogP contribution in [-0.2, 0) is 4.79 Å². The number of hydrogen-bond acceptors (Lipinski definition) is 6. The van der Waals surface area contributed by atoms with Crippen molar-refractivity contribution in [2.75, 3.05) is 33.8 Å². The van der Waals surface area contributed by atoms with Gasteiger partial charge in [-0.25, -0.2) is 0 Å². The Morgan fingerprint density at radius 3 is 2.69 bits per heavy atom. The van der Waals surface area contributed by atoms with Crippen molar-refractivity contribution < 1.29 is 19.4 Å². The molecule has 1 aliphatic heterocycles. The molecule has 1 N–H and O–H groups in total. The van der Waals surface area contributed by atoms with Crippen LogP contribution in [0.4, 0.5) is 0 Å². The first-order chi connectivity index (χ1) is 15.3. The number of hydrogen-bond donors (Lipinski definition) is 1. The van der Waals surface area contributed by atoms with Gasteiger partial charge in [0.25, 0.3) is 5.91 Å². The van der Waals surface area contributed by atoms with E-state index in [1.807, 2.05) is 48.6 Å². The number of nitrogens with zero attached hydrogens (tertiary/aromatic N) is 2. The number of ketones is 1. The van der Waals surface area contributed by atoms with Gasteiger partial charge >= 0.3 is 0 Å². The zero-order valence-electron chi connectivity index (χ0n) is 19.2. The molecule has 0 saturated carbocycles. The first-order valence-corrected chi connectivity index (χ1v) is 11.9. The number of rotatable bonds is 11. The van der Waals surface area contributed by atoms with Gasteiger partial charge in [0.1, 0.15) is 5.75 Å². The smallest absolute Gasteiger partial charge is 0.290 e. The Morgan fingerprint density at radius 2 is 2.03 bits per heavy atom. The van der Waals surface area contributed by atoms with Crippen LogP contribution in [0.1, 0.15) is 48.0 Å². The second kappa shape index (κ2) is 10.8. The average molecular weight is 457 g/mol. The molecular formula is C25H32N2O4S. The third kappa shape index (κ3) is 5.58. The molecule has 0 aliphatic carbocycles. The highest BCUT2D eigenvalue weighted by molar-refractivity contribution is 7.12. The largest absolute Gasteiger partial charge is 0.503 e. The van der Waals surface area contributed by atoms with Crippen LogP contribution in [0.15, 0.2) is 53.1 Å². The average Bonchev–Trinajstić information content (AvgIpc) is 3.36. The number of aliphatic hydroxyl groups is 1. The Balaban J connectivity index is 1.94. The van der Waals surface area contributed by atoms with Gasteiger partial charge in [-0.1, -0.05) is 32.0 Å². The van der Waals surface area contributed by atoms with Crippen LogP contribution in [0.3, 0.4) is 0 Å². The number of amides is 1. The fourth-order valence-electron chi connectivity index (χ4n) is 3.75. The Labute approximate surface area is 194 Å². The summed E-state index contributed by atoms with van der Waals surface area (Å²) in [5, 5.41) is 12.6. The summed E-state index contributed by atoms with van der Waals surface area (Å²) < 4.78 is 5.91. The van der Waals surface area contributed by atoms with Crippen LogP contribution >= 0.6 is 11.3 Å². The molecule has 1 aromatic heterocycles. The van der Waals surface area contributed by atoms with Crippen molar-refractivity contribution in [3.05, 3.63) is 63.6 Å². The lowest BCUT2D eigenvalue weighted by atomic mass is 9.95. The number of aliphatic hydroxyl groups excluding tert-OH is 1. The molecule has 2 heterocycles. The number of carbonyl (C=O) groups excluding carboxylic acids is 2. The molecule has 0 bridgehead atoms. The lowest BCUT2D eigenvalue weighted by Gasteiger charge is -2.27. The first kappa shape index (κ1) is 24.0. The molecule has 32 heavy (non-hydrogen) atoms. The highest BCUT2D eigenvalue weighted by atomic mass is 32.1. The molecule has 0 fully saturated rings. The molecular weight excluding hydrogens is 424 g/mol. The summed E-state index contributed by atoms with van der Waals surface area (Å²) in [6, 6.07) is 10.4. The van der Waals surface area contributed by atoms with Gasteiger partial charge in [0.05, 0.1) is 23.1 Å². The van der Waals surface area contributed by atoms with Gasteiger partial charge in [0, 0.05) is 6.54 Å². The summed E-state index contributed by atoms with van der Waals surface area (Å²) in [5.41, 5.74) is 0.899. The van der Waals surface area contributed by atoms with Gasteiger partial charge in [-0.3, -0.25) is 9.59 Å². The zero-order valence-corrected chi connectivity index (χ0v) is 20.0. The Kier molecular flexibility index (Phi) is 8.10. The highest BCUT2D eigenvalue weighted by Crippen LogP contribution is 2.40. The van der Waals surface area contributed by atoms with E-state index in [-0.39, 0.29) is 11.4 Å². The second-order valence-corrected chi connectivity index (χ2v) is 9.68. The topological polar surface area (TPSA) is 70.1 Å². The van der Waals surface area contributed by atoms with Crippen molar-refractivity contribution >= 4 is 23.0 Å². The minimum atomic E-state index is -0.645. The zero-order chi connectivity index (χ0) is 23.3. The van der Waals surface area contributed by atoms with Crippen molar-refractivity contribution in [3.63, 3.8) is 0 Å². The summed E-state index contributed by atoms with van der Waals surface area (Å²) >= 11 is 1.30. The molecule has 1 amide bonds.